The molecule has 0 fully saturated rings. The summed E-state index contributed by atoms with van der Waals surface area (Å²) in [7, 11) is 0. The minimum Gasteiger partial charge on any atom is -0.491 e. The van der Waals surface area contributed by atoms with E-state index >= 15 is 0 Å². The molecule has 2 aromatic rings. The Kier molecular flexibility index (Phi) is 5.01. The molecule has 0 spiro atoms. The molecule has 0 heterocycles. The van der Waals surface area contributed by atoms with Crippen molar-refractivity contribution in [2.24, 2.45) is 0 Å². The van der Waals surface area contributed by atoms with Crippen LogP contribution in [0.4, 0.5) is 10.1 Å². The number of hydrogen-bond donors (Lipinski definition) is 1. The van der Waals surface area contributed by atoms with E-state index in [1.807, 2.05) is 44.2 Å². The van der Waals surface area contributed by atoms with Gasteiger partial charge in [-0.15, -0.1) is 0 Å². The molecule has 2 nitrogen and oxygen atoms in total. The number of benzene rings is 2. The van der Waals surface area contributed by atoms with Gasteiger partial charge in [-0.3, -0.25) is 0 Å². The first-order chi connectivity index (χ1) is 9.54. The minimum absolute atomic E-state index is 0.141. The predicted molar refractivity (Wildman–Crippen MR) is 83.6 cm³/mol. The largest absolute Gasteiger partial charge is 0.491 e. The quantitative estimate of drug-likeness (QED) is 0.829. The minimum atomic E-state index is -0.269. The lowest BCUT2D eigenvalue weighted by molar-refractivity contribution is 0.242. The third-order valence-corrected chi connectivity index (χ3v) is 3.18. The van der Waals surface area contributed by atoms with Crippen molar-refractivity contribution in [2.75, 3.05) is 5.32 Å². The molecule has 4 heteroatoms. The monoisotopic (exact) mass is 337 g/mol. The van der Waals surface area contributed by atoms with Crippen molar-refractivity contribution in [3.05, 3.63) is 58.3 Å². The normalized spacial score (nSPS) is 10.7. The number of nitrogens with one attached hydrogen (secondary N) is 1. The highest BCUT2D eigenvalue weighted by Gasteiger charge is 2.03. The number of hydrogen-bond acceptors (Lipinski definition) is 2. The van der Waals surface area contributed by atoms with Crippen LogP contribution in [0.25, 0.3) is 0 Å². The van der Waals surface area contributed by atoms with Crippen molar-refractivity contribution in [2.45, 2.75) is 26.5 Å². The Hall–Kier alpha value is -1.55. The highest BCUT2D eigenvalue weighted by atomic mass is 79.9. The summed E-state index contributed by atoms with van der Waals surface area (Å²) in [5, 5.41) is 3.09. The summed E-state index contributed by atoms with van der Waals surface area (Å²) in [6, 6.07) is 12.8. The van der Waals surface area contributed by atoms with Crippen LogP contribution in [0.3, 0.4) is 0 Å². The molecule has 0 saturated heterocycles. The summed E-state index contributed by atoms with van der Waals surface area (Å²) in [6.07, 6.45) is 0.141. The SMILES string of the molecule is CC(C)Oc1cccc(CNc2ccc(Br)cc2F)c1. The second-order valence-electron chi connectivity index (χ2n) is 4.79. The highest BCUT2D eigenvalue weighted by molar-refractivity contribution is 9.10. The second-order valence-corrected chi connectivity index (χ2v) is 5.71. The van der Waals surface area contributed by atoms with Crippen LogP contribution < -0.4 is 10.1 Å². The van der Waals surface area contributed by atoms with Crippen LogP contribution in [-0.2, 0) is 6.54 Å². The molecule has 0 aromatic heterocycles. The molecule has 2 rings (SSSR count). The number of halogens is 2. The fraction of sp³-hybridized carbons (Fsp3) is 0.250. The highest BCUT2D eigenvalue weighted by Crippen LogP contribution is 2.21. The van der Waals surface area contributed by atoms with E-state index in [1.165, 1.54) is 6.07 Å². The Balaban J connectivity index is 2.03. The van der Waals surface area contributed by atoms with Gasteiger partial charge in [-0.1, -0.05) is 28.1 Å². The molecule has 106 valence electrons. The average molecular weight is 338 g/mol. The zero-order valence-corrected chi connectivity index (χ0v) is 13.1. The molecule has 0 saturated carbocycles. The Morgan fingerprint density at radius 2 is 2.00 bits per heavy atom. The fourth-order valence-corrected chi connectivity index (χ4v) is 2.16. The molecule has 0 unspecified atom stereocenters. The molecule has 20 heavy (non-hydrogen) atoms. The zero-order valence-electron chi connectivity index (χ0n) is 11.5. The van der Waals surface area contributed by atoms with Crippen molar-refractivity contribution in [1.82, 2.24) is 0 Å². The lowest BCUT2D eigenvalue weighted by Gasteiger charge is -2.12. The molecule has 0 aliphatic rings. The smallest absolute Gasteiger partial charge is 0.147 e. The summed E-state index contributed by atoms with van der Waals surface area (Å²) in [4.78, 5) is 0. The van der Waals surface area contributed by atoms with Gasteiger partial charge in [0.25, 0.3) is 0 Å². The van der Waals surface area contributed by atoms with E-state index in [0.717, 1.165) is 15.8 Å². The van der Waals surface area contributed by atoms with Crippen LogP contribution in [0, 0.1) is 5.82 Å². The molecule has 0 atom stereocenters. The lowest BCUT2D eigenvalue weighted by Crippen LogP contribution is -2.06. The van der Waals surface area contributed by atoms with Gasteiger partial charge >= 0.3 is 0 Å². The van der Waals surface area contributed by atoms with Crippen molar-refractivity contribution in [1.29, 1.82) is 0 Å². The third kappa shape index (κ3) is 4.23. The van der Waals surface area contributed by atoms with Gasteiger partial charge in [0.05, 0.1) is 11.8 Å². The second kappa shape index (κ2) is 6.75. The Bertz CT molecular complexity index is 586. The summed E-state index contributed by atoms with van der Waals surface area (Å²) < 4.78 is 20.1. The van der Waals surface area contributed by atoms with Crippen LogP contribution >= 0.6 is 15.9 Å². The van der Waals surface area contributed by atoms with E-state index < -0.39 is 0 Å². The fourth-order valence-electron chi connectivity index (χ4n) is 1.83. The van der Waals surface area contributed by atoms with Crippen LogP contribution in [0.2, 0.25) is 0 Å². The van der Waals surface area contributed by atoms with E-state index in [-0.39, 0.29) is 11.9 Å². The molecular formula is C16H17BrFNO. The molecule has 0 radical (unpaired) electrons. The van der Waals surface area contributed by atoms with Crippen molar-refractivity contribution >= 4 is 21.6 Å². The molecule has 0 aliphatic carbocycles. The van der Waals surface area contributed by atoms with Crippen LogP contribution in [0.5, 0.6) is 5.75 Å². The van der Waals surface area contributed by atoms with Gasteiger partial charge in [0.15, 0.2) is 0 Å². The topological polar surface area (TPSA) is 21.3 Å². The maximum Gasteiger partial charge on any atom is 0.147 e. The summed E-state index contributed by atoms with van der Waals surface area (Å²) in [5.74, 6) is 0.560. The van der Waals surface area contributed by atoms with Crippen LogP contribution in [0.1, 0.15) is 19.4 Å². The van der Waals surface area contributed by atoms with Crippen molar-refractivity contribution < 1.29 is 9.13 Å². The summed E-state index contributed by atoms with van der Waals surface area (Å²) in [5.41, 5.74) is 1.54. The van der Waals surface area contributed by atoms with Crippen LogP contribution in [0.15, 0.2) is 46.9 Å². The average Bonchev–Trinajstić information content (AvgIpc) is 2.37. The standard InChI is InChI=1S/C16H17BrFNO/c1-11(2)20-14-5-3-4-12(8-14)10-19-16-7-6-13(17)9-15(16)18/h3-9,11,19H,10H2,1-2H3. The number of rotatable bonds is 5. The predicted octanol–water partition coefficient (Wildman–Crippen LogP) is 4.99. The Morgan fingerprint density at radius 1 is 1.20 bits per heavy atom. The van der Waals surface area contributed by atoms with Gasteiger partial charge in [0.2, 0.25) is 0 Å². The lowest BCUT2D eigenvalue weighted by atomic mass is 10.2. The molecule has 2 aromatic carbocycles. The van der Waals surface area contributed by atoms with Crippen LogP contribution in [-0.4, -0.2) is 6.10 Å². The van der Waals surface area contributed by atoms with E-state index in [2.05, 4.69) is 21.2 Å². The molecule has 1 N–H and O–H groups in total. The number of ether oxygens (including phenoxy) is 1. The van der Waals surface area contributed by atoms with E-state index in [1.54, 1.807) is 6.07 Å². The number of anilines is 1. The maximum atomic E-state index is 13.7. The van der Waals surface area contributed by atoms with E-state index in [4.69, 9.17) is 4.74 Å². The Morgan fingerprint density at radius 3 is 2.70 bits per heavy atom. The van der Waals surface area contributed by atoms with E-state index in [0.29, 0.717) is 12.2 Å². The van der Waals surface area contributed by atoms with Gasteiger partial charge in [-0.05, 0) is 49.7 Å². The maximum absolute atomic E-state index is 13.7. The van der Waals surface area contributed by atoms with Gasteiger partial charge in [-0.25, -0.2) is 4.39 Å². The Labute approximate surface area is 127 Å². The first-order valence-electron chi connectivity index (χ1n) is 6.49. The summed E-state index contributed by atoms with van der Waals surface area (Å²) in [6.45, 7) is 4.53. The molecular weight excluding hydrogens is 321 g/mol. The van der Waals surface area contributed by atoms with Crippen molar-refractivity contribution in [3.8, 4) is 5.75 Å². The molecule has 0 aliphatic heterocycles. The first-order valence-corrected chi connectivity index (χ1v) is 7.28. The zero-order chi connectivity index (χ0) is 14.5. The van der Waals surface area contributed by atoms with E-state index in [9.17, 15) is 4.39 Å². The van der Waals surface area contributed by atoms with Gasteiger partial charge in [-0.2, -0.15) is 0 Å². The van der Waals surface area contributed by atoms with Crippen molar-refractivity contribution in [3.63, 3.8) is 0 Å². The van der Waals surface area contributed by atoms with Gasteiger partial charge in [0.1, 0.15) is 11.6 Å². The molecule has 0 bridgehead atoms. The third-order valence-electron chi connectivity index (χ3n) is 2.68. The van der Waals surface area contributed by atoms with Gasteiger partial charge in [0, 0.05) is 11.0 Å². The van der Waals surface area contributed by atoms with Gasteiger partial charge < -0.3 is 10.1 Å². The first kappa shape index (κ1) is 14.9. The summed E-state index contributed by atoms with van der Waals surface area (Å²) >= 11 is 3.24. The molecule has 0 amide bonds.